The summed E-state index contributed by atoms with van der Waals surface area (Å²) >= 11 is 0. The minimum Gasteiger partial charge on any atom is -0.497 e. The van der Waals surface area contributed by atoms with Crippen molar-refractivity contribution in [2.45, 2.75) is 31.1 Å². The smallest absolute Gasteiger partial charge is 0.257 e. The average molecular weight is 466 g/mol. The lowest BCUT2D eigenvalue weighted by molar-refractivity contribution is -0.186. The van der Waals surface area contributed by atoms with E-state index < -0.39 is 5.79 Å². The molecule has 2 saturated heterocycles. The number of rotatable bonds is 6. The number of methoxy groups -OCH3 is 2. The Morgan fingerprint density at radius 3 is 2.15 bits per heavy atom. The van der Waals surface area contributed by atoms with Gasteiger partial charge in [0, 0.05) is 32.4 Å². The van der Waals surface area contributed by atoms with Gasteiger partial charge in [-0.15, -0.1) is 0 Å². The Morgan fingerprint density at radius 2 is 1.56 bits per heavy atom. The number of carbonyl (C=O) groups excluding carboxylic acids is 1. The SMILES string of the molecule is COc1ccc(C2=NN(C(=O)CN3CCC4(CC3)OCCO4)[C@@H](c3ccc(OC)cc3)C2)cc1. The molecule has 2 aromatic rings. The number of carbonyl (C=O) groups is 1. The summed E-state index contributed by atoms with van der Waals surface area (Å²) in [6, 6.07) is 15.5. The molecule has 1 amide bonds. The molecule has 1 spiro atoms. The van der Waals surface area contributed by atoms with Gasteiger partial charge in [-0.05, 0) is 47.5 Å². The molecule has 2 fully saturated rings. The molecule has 0 radical (unpaired) electrons. The van der Waals surface area contributed by atoms with Crippen molar-refractivity contribution in [3.8, 4) is 11.5 Å². The number of nitrogens with zero attached hydrogens (tertiary/aromatic N) is 3. The van der Waals surface area contributed by atoms with Gasteiger partial charge in [-0.1, -0.05) is 12.1 Å². The van der Waals surface area contributed by atoms with Crippen LogP contribution in [0.25, 0.3) is 0 Å². The van der Waals surface area contributed by atoms with Crippen LogP contribution in [-0.2, 0) is 14.3 Å². The minimum absolute atomic E-state index is 0.00598. The second-order valence-corrected chi connectivity index (χ2v) is 8.89. The molecule has 0 saturated carbocycles. The van der Waals surface area contributed by atoms with Crippen molar-refractivity contribution in [3.05, 3.63) is 59.7 Å². The Morgan fingerprint density at radius 1 is 0.971 bits per heavy atom. The molecule has 3 aliphatic heterocycles. The quantitative estimate of drug-likeness (QED) is 0.652. The second kappa shape index (κ2) is 9.74. The molecule has 8 nitrogen and oxygen atoms in total. The monoisotopic (exact) mass is 465 g/mol. The van der Waals surface area contributed by atoms with Crippen molar-refractivity contribution in [3.63, 3.8) is 0 Å². The minimum atomic E-state index is -0.446. The van der Waals surface area contributed by atoms with E-state index in [9.17, 15) is 4.79 Å². The molecule has 3 aliphatic rings. The number of ether oxygens (including phenoxy) is 4. The van der Waals surface area contributed by atoms with Crippen LogP contribution >= 0.6 is 0 Å². The second-order valence-electron chi connectivity index (χ2n) is 8.89. The molecule has 0 aromatic heterocycles. The third-order valence-electron chi connectivity index (χ3n) is 6.88. The van der Waals surface area contributed by atoms with Crippen LogP contribution in [0.15, 0.2) is 53.6 Å². The van der Waals surface area contributed by atoms with Crippen LogP contribution in [0.2, 0.25) is 0 Å². The van der Waals surface area contributed by atoms with E-state index in [4.69, 9.17) is 24.0 Å². The first-order chi connectivity index (χ1) is 16.6. The highest BCUT2D eigenvalue weighted by molar-refractivity contribution is 6.03. The van der Waals surface area contributed by atoms with Crippen LogP contribution < -0.4 is 9.47 Å². The zero-order valence-electron chi connectivity index (χ0n) is 19.7. The van der Waals surface area contributed by atoms with E-state index in [1.54, 1.807) is 19.2 Å². The number of benzene rings is 2. The molecule has 1 atom stereocenters. The lowest BCUT2D eigenvalue weighted by Gasteiger charge is -2.37. The van der Waals surface area contributed by atoms with Crippen molar-refractivity contribution in [1.29, 1.82) is 0 Å². The highest BCUT2D eigenvalue weighted by atomic mass is 16.7. The number of likely N-dealkylation sites (tertiary alicyclic amines) is 1. The Kier molecular flexibility index (Phi) is 6.54. The maximum absolute atomic E-state index is 13.5. The number of hydrogen-bond donors (Lipinski definition) is 0. The van der Waals surface area contributed by atoms with Crippen molar-refractivity contribution in [2.75, 3.05) is 47.1 Å². The van der Waals surface area contributed by atoms with Gasteiger partial charge in [0.05, 0.1) is 45.7 Å². The molecule has 0 aliphatic carbocycles. The fraction of sp³-hybridized carbons (Fsp3) is 0.462. The summed E-state index contributed by atoms with van der Waals surface area (Å²) < 4.78 is 22.2. The molecule has 5 rings (SSSR count). The van der Waals surface area contributed by atoms with E-state index in [1.807, 2.05) is 48.5 Å². The van der Waals surface area contributed by atoms with E-state index >= 15 is 0 Å². The number of hydrogen-bond acceptors (Lipinski definition) is 7. The van der Waals surface area contributed by atoms with Gasteiger partial charge in [0.15, 0.2) is 5.79 Å². The first-order valence-corrected chi connectivity index (χ1v) is 11.8. The summed E-state index contributed by atoms with van der Waals surface area (Å²) in [6.45, 7) is 3.16. The Bertz CT molecular complexity index is 1020. The molecule has 34 heavy (non-hydrogen) atoms. The number of hydrazone groups is 1. The van der Waals surface area contributed by atoms with Gasteiger partial charge in [0.2, 0.25) is 0 Å². The predicted octanol–water partition coefficient (Wildman–Crippen LogP) is 3.22. The standard InChI is InChI=1S/C26H31N3O5/c1-31-21-7-3-19(4-8-21)23-17-24(20-5-9-22(32-2)10-6-20)29(27-23)25(30)18-28-13-11-26(12-14-28)33-15-16-34-26/h3-10,24H,11-18H2,1-2H3/t24-/m1/s1. The van der Waals surface area contributed by atoms with Gasteiger partial charge in [0.25, 0.3) is 5.91 Å². The molecular weight excluding hydrogens is 434 g/mol. The van der Waals surface area contributed by atoms with E-state index in [0.29, 0.717) is 26.2 Å². The van der Waals surface area contributed by atoms with E-state index in [0.717, 1.165) is 54.3 Å². The Balaban J connectivity index is 1.33. The molecule has 180 valence electrons. The van der Waals surface area contributed by atoms with Crippen molar-refractivity contribution < 1.29 is 23.7 Å². The molecule has 0 bridgehead atoms. The first kappa shape index (κ1) is 22.8. The van der Waals surface area contributed by atoms with Crippen LogP contribution in [0.5, 0.6) is 11.5 Å². The summed E-state index contributed by atoms with van der Waals surface area (Å²) in [6.07, 6.45) is 2.21. The van der Waals surface area contributed by atoms with Gasteiger partial charge < -0.3 is 18.9 Å². The summed E-state index contributed by atoms with van der Waals surface area (Å²) in [5.41, 5.74) is 2.92. The topological polar surface area (TPSA) is 72.8 Å². The summed E-state index contributed by atoms with van der Waals surface area (Å²) in [4.78, 5) is 15.7. The third kappa shape index (κ3) is 4.66. The number of amides is 1. The van der Waals surface area contributed by atoms with Gasteiger partial charge in [-0.25, -0.2) is 5.01 Å². The van der Waals surface area contributed by atoms with Crippen LogP contribution in [0.3, 0.4) is 0 Å². The Hall–Kier alpha value is -2.94. The zero-order chi connectivity index (χ0) is 23.5. The maximum Gasteiger partial charge on any atom is 0.257 e. The third-order valence-corrected chi connectivity index (χ3v) is 6.88. The van der Waals surface area contributed by atoms with Gasteiger partial charge in [-0.3, -0.25) is 9.69 Å². The lowest BCUT2D eigenvalue weighted by Crippen LogP contribution is -2.48. The van der Waals surface area contributed by atoms with E-state index in [1.165, 1.54) is 0 Å². The molecule has 8 heteroatoms. The maximum atomic E-state index is 13.5. The van der Waals surface area contributed by atoms with E-state index in [2.05, 4.69) is 4.90 Å². The zero-order valence-corrected chi connectivity index (χ0v) is 19.7. The lowest BCUT2D eigenvalue weighted by atomic mass is 9.98. The highest BCUT2D eigenvalue weighted by Gasteiger charge is 2.41. The van der Waals surface area contributed by atoms with Crippen molar-refractivity contribution in [1.82, 2.24) is 9.91 Å². The van der Waals surface area contributed by atoms with Gasteiger partial charge in [-0.2, -0.15) is 5.10 Å². The van der Waals surface area contributed by atoms with Gasteiger partial charge in [0.1, 0.15) is 11.5 Å². The predicted molar refractivity (Wildman–Crippen MR) is 127 cm³/mol. The van der Waals surface area contributed by atoms with Crippen LogP contribution in [0.4, 0.5) is 0 Å². The molecule has 3 heterocycles. The van der Waals surface area contributed by atoms with Gasteiger partial charge >= 0.3 is 0 Å². The fourth-order valence-electron chi connectivity index (χ4n) is 4.89. The molecule has 2 aromatic carbocycles. The number of piperidine rings is 1. The molecular formula is C26H31N3O5. The Labute approximate surface area is 200 Å². The highest BCUT2D eigenvalue weighted by Crippen LogP contribution is 2.35. The summed E-state index contributed by atoms with van der Waals surface area (Å²) in [7, 11) is 3.30. The average Bonchev–Trinajstić information content (AvgIpc) is 3.54. The normalized spacial score (nSPS) is 22.1. The summed E-state index contributed by atoms with van der Waals surface area (Å²) in [5, 5.41) is 6.46. The molecule has 0 N–H and O–H groups in total. The van der Waals surface area contributed by atoms with Crippen LogP contribution in [0, 0.1) is 0 Å². The first-order valence-electron chi connectivity index (χ1n) is 11.8. The van der Waals surface area contributed by atoms with Crippen LogP contribution in [0.1, 0.15) is 36.4 Å². The largest absolute Gasteiger partial charge is 0.497 e. The summed E-state index contributed by atoms with van der Waals surface area (Å²) in [5.74, 6) is 1.13. The van der Waals surface area contributed by atoms with Crippen molar-refractivity contribution >= 4 is 11.6 Å². The molecule has 0 unspecified atom stereocenters. The van der Waals surface area contributed by atoms with E-state index in [-0.39, 0.29) is 11.9 Å². The fourth-order valence-corrected chi connectivity index (χ4v) is 4.89. The van der Waals surface area contributed by atoms with Crippen molar-refractivity contribution in [2.24, 2.45) is 5.10 Å². The van der Waals surface area contributed by atoms with Crippen LogP contribution in [-0.4, -0.2) is 74.4 Å².